The van der Waals surface area contributed by atoms with Crippen molar-refractivity contribution in [1.82, 2.24) is 0 Å². The second-order valence-corrected chi connectivity index (χ2v) is 4.72. The summed E-state index contributed by atoms with van der Waals surface area (Å²) in [6.45, 7) is 2.00. The maximum atomic E-state index is 13.2. The van der Waals surface area contributed by atoms with Gasteiger partial charge in [-0.1, -0.05) is 12.1 Å². The number of phenolic OH excluding ortho intramolecular Hbond substituents is 1. The third kappa shape index (κ3) is 3.48. The van der Waals surface area contributed by atoms with Gasteiger partial charge in [-0.15, -0.1) is 0 Å². The first-order valence-electron chi connectivity index (χ1n) is 6.32. The van der Waals surface area contributed by atoms with Crippen LogP contribution in [-0.2, 0) is 6.42 Å². The van der Waals surface area contributed by atoms with Crippen LogP contribution in [0.4, 0.5) is 10.1 Å². The molecule has 2 N–H and O–H groups in total. The maximum Gasteiger partial charge on any atom is 0.141 e. The Morgan fingerprint density at radius 3 is 2.60 bits per heavy atom. The lowest BCUT2D eigenvalue weighted by molar-refractivity contribution is 0.475. The first-order valence-corrected chi connectivity index (χ1v) is 6.32. The fourth-order valence-corrected chi connectivity index (χ4v) is 2.02. The van der Waals surface area contributed by atoms with Gasteiger partial charge in [-0.25, -0.2) is 4.39 Å². The predicted molar refractivity (Wildman–Crippen MR) is 76.0 cm³/mol. The predicted octanol–water partition coefficient (Wildman–Crippen LogP) is 3.45. The number of benzene rings is 2. The minimum Gasteiger partial charge on any atom is -0.508 e. The normalized spacial score (nSPS) is 11.7. The molecule has 0 aliphatic rings. The van der Waals surface area contributed by atoms with Gasteiger partial charge in [0.2, 0.25) is 0 Å². The fraction of sp³-hybridized carbons (Fsp3) is 0.188. The van der Waals surface area contributed by atoms with Crippen LogP contribution < -0.4 is 5.32 Å². The zero-order valence-corrected chi connectivity index (χ0v) is 11.1. The molecule has 0 bridgehead atoms. The lowest BCUT2D eigenvalue weighted by atomic mass is 10.1. The Kier molecular flexibility index (Phi) is 4.21. The van der Waals surface area contributed by atoms with E-state index >= 15 is 0 Å². The molecule has 0 fully saturated rings. The van der Waals surface area contributed by atoms with E-state index in [4.69, 9.17) is 5.26 Å². The summed E-state index contributed by atoms with van der Waals surface area (Å²) in [6.07, 6.45) is 0.763. The first kappa shape index (κ1) is 13.9. The molecule has 2 rings (SSSR count). The third-order valence-electron chi connectivity index (χ3n) is 2.98. The van der Waals surface area contributed by atoms with E-state index in [0.29, 0.717) is 5.69 Å². The van der Waals surface area contributed by atoms with Gasteiger partial charge in [0.15, 0.2) is 0 Å². The van der Waals surface area contributed by atoms with Gasteiger partial charge in [-0.3, -0.25) is 0 Å². The number of anilines is 1. The average molecular weight is 270 g/mol. The summed E-state index contributed by atoms with van der Waals surface area (Å²) in [4.78, 5) is 0. The molecular weight excluding hydrogens is 255 g/mol. The van der Waals surface area contributed by atoms with E-state index in [1.165, 1.54) is 12.1 Å². The number of rotatable bonds is 4. The van der Waals surface area contributed by atoms with Crippen molar-refractivity contribution in [3.05, 3.63) is 59.4 Å². The minimum absolute atomic E-state index is 0.0341. The molecule has 0 amide bonds. The number of hydrogen-bond donors (Lipinski definition) is 2. The number of nitrogens with one attached hydrogen (secondary N) is 1. The summed E-state index contributed by atoms with van der Waals surface area (Å²) in [5, 5.41) is 21.3. The second kappa shape index (κ2) is 6.07. The summed E-state index contributed by atoms with van der Waals surface area (Å²) in [6, 6.07) is 13.4. The van der Waals surface area contributed by atoms with Crippen molar-refractivity contribution in [1.29, 1.82) is 5.26 Å². The van der Waals surface area contributed by atoms with Crippen LogP contribution in [0.3, 0.4) is 0 Å². The Morgan fingerprint density at radius 2 is 1.95 bits per heavy atom. The number of aromatic hydroxyl groups is 1. The van der Waals surface area contributed by atoms with Gasteiger partial charge in [-0.05, 0) is 49.2 Å². The molecule has 0 spiro atoms. The standard InChI is InChI=1S/C16H15FN2O/c1-11(8-12-2-5-15(20)6-3-12)19-14-4-7-16(17)13(9-14)10-18/h2-7,9,11,19-20H,8H2,1H3. The van der Waals surface area contributed by atoms with Gasteiger partial charge in [0.25, 0.3) is 0 Å². The third-order valence-corrected chi connectivity index (χ3v) is 2.98. The molecule has 0 heterocycles. The van der Waals surface area contributed by atoms with E-state index in [9.17, 15) is 9.50 Å². The van der Waals surface area contributed by atoms with Gasteiger partial charge in [-0.2, -0.15) is 5.26 Å². The molecule has 4 heteroatoms. The van der Waals surface area contributed by atoms with Gasteiger partial charge >= 0.3 is 0 Å². The quantitative estimate of drug-likeness (QED) is 0.894. The van der Waals surface area contributed by atoms with Crippen LogP contribution in [-0.4, -0.2) is 11.1 Å². The van der Waals surface area contributed by atoms with Crippen LogP contribution in [0.5, 0.6) is 5.75 Å². The van der Waals surface area contributed by atoms with Crippen LogP contribution in [0.1, 0.15) is 18.1 Å². The second-order valence-electron chi connectivity index (χ2n) is 4.72. The first-order chi connectivity index (χ1) is 9.58. The number of hydrogen-bond acceptors (Lipinski definition) is 3. The Balaban J connectivity index is 2.03. The lowest BCUT2D eigenvalue weighted by Gasteiger charge is -2.15. The van der Waals surface area contributed by atoms with E-state index < -0.39 is 5.82 Å². The van der Waals surface area contributed by atoms with Crippen molar-refractivity contribution in [3.8, 4) is 11.8 Å². The van der Waals surface area contributed by atoms with Crippen molar-refractivity contribution in [2.45, 2.75) is 19.4 Å². The summed E-state index contributed by atoms with van der Waals surface area (Å²) >= 11 is 0. The van der Waals surface area contributed by atoms with Gasteiger partial charge in [0, 0.05) is 11.7 Å². The molecule has 20 heavy (non-hydrogen) atoms. The van der Waals surface area contributed by atoms with Crippen LogP contribution in [0.15, 0.2) is 42.5 Å². The monoisotopic (exact) mass is 270 g/mol. The Bertz CT molecular complexity index is 632. The summed E-state index contributed by atoms with van der Waals surface area (Å²) in [5.41, 5.74) is 1.84. The highest BCUT2D eigenvalue weighted by molar-refractivity contribution is 5.50. The van der Waals surface area contributed by atoms with Crippen molar-refractivity contribution in [3.63, 3.8) is 0 Å². The molecule has 2 aromatic rings. The molecule has 0 aliphatic heterocycles. The number of phenols is 1. The Morgan fingerprint density at radius 1 is 1.25 bits per heavy atom. The molecular formula is C16H15FN2O. The van der Waals surface area contributed by atoms with Crippen LogP contribution in [0.2, 0.25) is 0 Å². The minimum atomic E-state index is -0.510. The molecule has 0 radical (unpaired) electrons. The number of halogens is 1. The van der Waals surface area contributed by atoms with Crippen molar-refractivity contribution < 1.29 is 9.50 Å². The molecule has 0 aliphatic carbocycles. The van der Waals surface area contributed by atoms with E-state index in [-0.39, 0.29) is 17.4 Å². The zero-order chi connectivity index (χ0) is 14.5. The van der Waals surface area contributed by atoms with Crippen molar-refractivity contribution >= 4 is 5.69 Å². The smallest absolute Gasteiger partial charge is 0.141 e. The Labute approximate surface area is 117 Å². The summed E-state index contributed by atoms with van der Waals surface area (Å²) < 4.78 is 13.2. The summed E-state index contributed by atoms with van der Waals surface area (Å²) in [7, 11) is 0. The molecule has 1 atom stereocenters. The highest BCUT2D eigenvalue weighted by atomic mass is 19.1. The largest absolute Gasteiger partial charge is 0.508 e. The molecule has 0 aromatic heterocycles. The van der Waals surface area contributed by atoms with Gasteiger partial charge < -0.3 is 10.4 Å². The van der Waals surface area contributed by atoms with Crippen molar-refractivity contribution in [2.24, 2.45) is 0 Å². The van der Waals surface area contributed by atoms with Crippen molar-refractivity contribution in [2.75, 3.05) is 5.32 Å². The number of nitriles is 1. The molecule has 3 nitrogen and oxygen atoms in total. The fourth-order valence-electron chi connectivity index (χ4n) is 2.02. The Hall–Kier alpha value is -2.54. The zero-order valence-electron chi connectivity index (χ0n) is 11.1. The summed E-state index contributed by atoms with van der Waals surface area (Å²) in [5.74, 6) is -0.268. The van der Waals surface area contributed by atoms with E-state index in [1.54, 1.807) is 18.2 Å². The highest BCUT2D eigenvalue weighted by Gasteiger charge is 2.07. The molecule has 2 aromatic carbocycles. The van der Waals surface area contributed by atoms with Crippen LogP contribution in [0, 0.1) is 17.1 Å². The average Bonchev–Trinajstić information content (AvgIpc) is 2.43. The van der Waals surface area contributed by atoms with Gasteiger partial charge in [0.05, 0.1) is 5.56 Å². The number of nitrogens with zero attached hydrogens (tertiary/aromatic N) is 1. The topological polar surface area (TPSA) is 56.0 Å². The molecule has 1 unspecified atom stereocenters. The lowest BCUT2D eigenvalue weighted by Crippen LogP contribution is -2.18. The molecule has 0 saturated heterocycles. The van der Waals surface area contributed by atoms with Crippen LogP contribution in [0.25, 0.3) is 0 Å². The van der Waals surface area contributed by atoms with Gasteiger partial charge in [0.1, 0.15) is 17.6 Å². The van der Waals surface area contributed by atoms with E-state index in [2.05, 4.69) is 5.32 Å². The maximum absolute atomic E-state index is 13.2. The molecule has 0 saturated carbocycles. The van der Waals surface area contributed by atoms with E-state index in [1.807, 2.05) is 25.1 Å². The SMILES string of the molecule is CC(Cc1ccc(O)cc1)Nc1ccc(F)c(C#N)c1. The highest BCUT2D eigenvalue weighted by Crippen LogP contribution is 2.17. The van der Waals surface area contributed by atoms with E-state index in [0.717, 1.165) is 12.0 Å². The van der Waals surface area contributed by atoms with Crippen LogP contribution >= 0.6 is 0 Å². The molecule has 102 valence electrons.